The molecule has 0 saturated carbocycles. The number of urea groups is 1. The SMILES string of the molecule is COc1ccc(F)c(NC(=O)N2CCN(c3ccncc3Cl)CC2)c1. The molecule has 1 fully saturated rings. The number of anilines is 2. The first-order chi connectivity index (χ1) is 12.1. The average Bonchev–Trinajstić information content (AvgIpc) is 2.64. The molecule has 1 aromatic carbocycles. The van der Waals surface area contributed by atoms with Gasteiger partial charge in [-0.25, -0.2) is 9.18 Å². The number of benzene rings is 1. The molecule has 0 unspecified atom stereocenters. The molecule has 0 atom stereocenters. The third-order valence-corrected chi connectivity index (χ3v) is 4.36. The number of aromatic nitrogens is 1. The summed E-state index contributed by atoms with van der Waals surface area (Å²) >= 11 is 6.16. The first-order valence-electron chi connectivity index (χ1n) is 7.82. The van der Waals surface area contributed by atoms with Gasteiger partial charge in [-0.15, -0.1) is 0 Å². The molecule has 0 bridgehead atoms. The molecular formula is C17H18ClFN4O2. The number of hydrogen-bond donors (Lipinski definition) is 1. The van der Waals surface area contributed by atoms with E-state index >= 15 is 0 Å². The van der Waals surface area contributed by atoms with Crippen LogP contribution in [0.25, 0.3) is 0 Å². The van der Waals surface area contributed by atoms with Gasteiger partial charge in [-0.2, -0.15) is 0 Å². The zero-order valence-electron chi connectivity index (χ0n) is 13.7. The summed E-state index contributed by atoms with van der Waals surface area (Å²) in [5, 5.41) is 3.18. The second-order valence-corrected chi connectivity index (χ2v) is 5.98. The fraction of sp³-hybridized carbons (Fsp3) is 0.294. The number of ether oxygens (including phenoxy) is 1. The minimum absolute atomic E-state index is 0.101. The molecule has 2 aromatic rings. The van der Waals surface area contributed by atoms with Crippen LogP contribution in [-0.4, -0.2) is 49.2 Å². The lowest BCUT2D eigenvalue weighted by molar-refractivity contribution is 0.208. The molecule has 1 saturated heterocycles. The fourth-order valence-corrected chi connectivity index (χ4v) is 2.94. The van der Waals surface area contributed by atoms with Crippen LogP contribution < -0.4 is 15.0 Å². The van der Waals surface area contributed by atoms with Crippen molar-refractivity contribution in [2.45, 2.75) is 0 Å². The topological polar surface area (TPSA) is 57.7 Å². The van der Waals surface area contributed by atoms with Gasteiger partial charge >= 0.3 is 6.03 Å². The summed E-state index contributed by atoms with van der Waals surface area (Å²) in [5.41, 5.74) is 1.000. The van der Waals surface area contributed by atoms with Crippen molar-refractivity contribution in [3.63, 3.8) is 0 Å². The number of halogens is 2. The van der Waals surface area contributed by atoms with Crippen molar-refractivity contribution < 1.29 is 13.9 Å². The van der Waals surface area contributed by atoms with Crippen molar-refractivity contribution in [3.8, 4) is 5.75 Å². The van der Waals surface area contributed by atoms with Crippen molar-refractivity contribution in [2.75, 3.05) is 43.5 Å². The van der Waals surface area contributed by atoms with Gasteiger partial charge in [-0.05, 0) is 18.2 Å². The van der Waals surface area contributed by atoms with Crippen molar-refractivity contribution in [2.24, 2.45) is 0 Å². The largest absolute Gasteiger partial charge is 0.497 e. The van der Waals surface area contributed by atoms with E-state index in [1.807, 2.05) is 6.07 Å². The lowest BCUT2D eigenvalue weighted by Gasteiger charge is -2.36. The fourth-order valence-electron chi connectivity index (χ4n) is 2.70. The summed E-state index contributed by atoms with van der Waals surface area (Å²) in [4.78, 5) is 20.1. The molecule has 0 radical (unpaired) electrons. The van der Waals surface area contributed by atoms with E-state index in [9.17, 15) is 9.18 Å². The summed E-state index contributed by atoms with van der Waals surface area (Å²) in [6, 6.07) is 5.73. The van der Waals surface area contributed by atoms with Crippen LogP contribution in [0.4, 0.5) is 20.6 Å². The second kappa shape index (κ2) is 7.57. The van der Waals surface area contributed by atoms with Crippen LogP contribution in [0.1, 0.15) is 0 Å². The highest BCUT2D eigenvalue weighted by Crippen LogP contribution is 2.25. The zero-order valence-corrected chi connectivity index (χ0v) is 14.5. The van der Waals surface area contributed by atoms with Gasteiger partial charge in [0, 0.05) is 44.6 Å². The number of nitrogens with zero attached hydrogens (tertiary/aromatic N) is 3. The first kappa shape index (κ1) is 17.3. The Labute approximate surface area is 150 Å². The molecule has 1 aromatic heterocycles. The number of carbonyl (C=O) groups excluding carboxylic acids is 1. The van der Waals surface area contributed by atoms with Gasteiger partial charge < -0.3 is 19.9 Å². The van der Waals surface area contributed by atoms with Crippen LogP contribution in [0.3, 0.4) is 0 Å². The van der Waals surface area contributed by atoms with E-state index in [1.54, 1.807) is 17.3 Å². The molecule has 3 rings (SSSR count). The Morgan fingerprint density at radius 3 is 2.72 bits per heavy atom. The highest BCUT2D eigenvalue weighted by molar-refractivity contribution is 6.33. The number of carbonyl (C=O) groups is 1. The summed E-state index contributed by atoms with van der Waals surface area (Å²) < 4.78 is 18.9. The maximum absolute atomic E-state index is 13.8. The Kier molecular flexibility index (Phi) is 5.23. The van der Waals surface area contributed by atoms with E-state index in [-0.39, 0.29) is 11.7 Å². The predicted octanol–water partition coefficient (Wildman–Crippen LogP) is 3.24. The molecule has 132 valence electrons. The van der Waals surface area contributed by atoms with Crippen molar-refractivity contribution in [3.05, 3.63) is 47.5 Å². The number of rotatable bonds is 3. The summed E-state index contributed by atoms with van der Waals surface area (Å²) in [5.74, 6) is -0.0230. The summed E-state index contributed by atoms with van der Waals surface area (Å²) in [6.07, 6.45) is 3.29. The van der Waals surface area contributed by atoms with Crippen LogP contribution in [-0.2, 0) is 0 Å². The minimum Gasteiger partial charge on any atom is -0.497 e. The lowest BCUT2D eigenvalue weighted by atomic mass is 10.2. The molecule has 1 aliphatic heterocycles. The Morgan fingerprint density at radius 1 is 1.28 bits per heavy atom. The van der Waals surface area contributed by atoms with Gasteiger partial charge in [-0.3, -0.25) is 4.98 Å². The molecule has 0 spiro atoms. The molecule has 6 nitrogen and oxygen atoms in total. The van der Waals surface area contributed by atoms with Crippen LogP contribution in [0.15, 0.2) is 36.7 Å². The Bertz CT molecular complexity index is 766. The van der Waals surface area contributed by atoms with Crippen LogP contribution in [0, 0.1) is 5.82 Å². The van der Waals surface area contributed by atoms with E-state index in [0.29, 0.717) is 37.0 Å². The summed E-state index contributed by atoms with van der Waals surface area (Å²) in [7, 11) is 1.49. The molecule has 8 heteroatoms. The van der Waals surface area contributed by atoms with E-state index in [1.165, 1.54) is 25.3 Å². The monoisotopic (exact) mass is 364 g/mol. The van der Waals surface area contributed by atoms with Gasteiger partial charge in [0.05, 0.1) is 23.5 Å². The number of piperazine rings is 1. The smallest absolute Gasteiger partial charge is 0.322 e. The second-order valence-electron chi connectivity index (χ2n) is 5.58. The standard InChI is InChI=1S/C17H18ClFN4O2/c1-25-12-2-3-14(19)15(10-12)21-17(24)23-8-6-22(7-9-23)16-4-5-20-11-13(16)18/h2-5,10-11H,6-9H2,1H3,(H,21,24). The number of methoxy groups -OCH3 is 1. The quantitative estimate of drug-likeness (QED) is 0.908. The highest BCUT2D eigenvalue weighted by atomic mass is 35.5. The number of hydrogen-bond acceptors (Lipinski definition) is 4. The highest BCUT2D eigenvalue weighted by Gasteiger charge is 2.23. The maximum Gasteiger partial charge on any atom is 0.322 e. The lowest BCUT2D eigenvalue weighted by Crippen LogP contribution is -2.50. The molecule has 2 amide bonds. The Morgan fingerprint density at radius 2 is 2.04 bits per heavy atom. The van der Waals surface area contributed by atoms with Crippen LogP contribution >= 0.6 is 11.6 Å². The Hall–Kier alpha value is -2.54. The third-order valence-electron chi connectivity index (χ3n) is 4.07. The van der Waals surface area contributed by atoms with Crippen molar-refractivity contribution >= 4 is 29.0 Å². The molecule has 1 N–H and O–H groups in total. The molecule has 25 heavy (non-hydrogen) atoms. The maximum atomic E-state index is 13.8. The summed E-state index contributed by atoms with van der Waals surface area (Å²) in [6.45, 7) is 2.29. The molecular weight excluding hydrogens is 347 g/mol. The van der Waals surface area contributed by atoms with E-state index < -0.39 is 5.82 Å². The van der Waals surface area contributed by atoms with Gasteiger partial charge in [0.2, 0.25) is 0 Å². The zero-order chi connectivity index (χ0) is 17.8. The number of pyridine rings is 1. The first-order valence-corrected chi connectivity index (χ1v) is 8.20. The van der Waals surface area contributed by atoms with Crippen LogP contribution in [0.2, 0.25) is 5.02 Å². The molecule has 0 aliphatic carbocycles. The van der Waals surface area contributed by atoms with E-state index in [4.69, 9.17) is 16.3 Å². The van der Waals surface area contributed by atoms with E-state index in [2.05, 4.69) is 15.2 Å². The average molecular weight is 365 g/mol. The van der Waals surface area contributed by atoms with E-state index in [0.717, 1.165) is 5.69 Å². The Balaban J connectivity index is 1.61. The normalized spacial score (nSPS) is 14.4. The third kappa shape index (κ3) is 3.93. The minimum atomic E-state index is -0.503. The predicted molar refractivity (Wildman–Crippen MR) is 95.0 cm³/mol. The van der Waals surface area contributed by atoms with Crippen molar-refractivity contribution in [1.82, 2.24) is 9.88 Å². The number of amides is 2. The number of nitrogens with one attached hydrogen (secondary N) is 1. The van der Waals surface area contributed by atoms with Gasteiger partial charge in [0.1, 0.15) is 11.6 Å². The van der Waals surface area contributed by atoms with Crippen molar-refractivity contribution in [1.29, 1.82) is 0 Å². The van der Waals surface area contributed by atoms with Crippen LogP contribution in [0.5, 0.6) is 5.75 Å². The molecule has 2 heterocycles. The van der Waals surface area contributed by atoms with Gasteiger partial charge in [-0.1, -0.05) is 11.6 Å². The van der Waals surface area contributed by atoms with Gasteiger partial charge in [0.15, 0.2) is 0 Å². The molecule has 1 aliphatic rings. The van der Waals surface area contributed by atoms with Gasteiger partial charge in [0.25, 0.3) is 0 Å².